The maximum absolute atomic E-state index is 12.6. The first-order valence-corrected chi connectivity index (χ1v) is 9.67. The predicted molar refractivity (Wildman–Crippen MR) is 101 cm³/mol. The molecule has 1 unspecified atom stereocenters. The van der Waals surface area contributed by atoms with E-state index in [1.807, 2.05) is 16.0 Å². The van der Waals surface area contributed by atoms with Crippen molar-refractivity contribution in [2.45, 2.75) is 31.6 Å². The highest BCUT2D eigenvalue weighted by Crippen LogP contribution is 2.32. The minimum atomic E-state index is -0.891. The molecule has 1 aliphatic rings. The molecule has 2 atom stereocenters. The average molecular weight is 402 g/mol. The summed E-state index contributed by atoms with van der Waals surface area (Å²) in [5.41, 5.74) is 1.21. The summed E-state index contributed by atoms with van der Waals surface area (Å²) in [6, 6.07) is 5.46. The van der Waals surface area contributed by atoms with Gasteiger partial charge in [-0.1, -0.05) is 0 Å². The van der Waals surface area contributed by atoms with Crippen molar-refractivity contribution < 1.29 is 19.6 Å². The molecule has 2 aromatic heterocycles. The number of carbonyl (C=O) groups excluding carboxylic acids is 1. The zero-order valence-corrected chi connectivity index (χ0v) is 15.6. The van der Waals surface area contributed by atoms with Gasteiger partial charge < -0.3 is 14.7 Å². The highest BCUT2D eigenvalue weighted by atomic mass is 32.1. The van der Waals surface area contributed by atoms with E-state index in [1.165, 1.54) is 28.4 Å². The lowest BCUT2D eigenvalue weighted by atomic mass is 10.1. The molecule has 1 saturated heterocycles. The van der Waals surface area contributed by atoms with E-state index in [9.17, 15) is 20.0 Å². The Labute approximate surface area is 163 Å². The van der Waals surface area contributed by atoms with E-state index in [0.717, 1.165) is 11.3 Å². The van der Waals surface area contributed by atoms with E-state index in [0.29, 0.717) is 24.2 Å². The molecule has 1 amide bonds. The van der Waals surface area contributed by atoms with Crippen LogP contribution in [0.4, 0.5) is 10.5 Å². The molecule has 3 heterocycles. The number of imidazole rings is 1. The van der Waals surface area contributed by atoms with E-state index >= 15 is 0 Å². The van der Waals surface area contributed by atoms with E-state index in [2.05, 4.69) is 4.98 Å². The number of thiazole rings is 1. The van der Waals surface area contributed by atoms with Crippen molar-refractivity contribution in [3.05, 3.63) is 63.5 Å². The van der Waals surface area contributed by atoms with Crippen LogP contribution in [0.15, 0.2) is 42.2 Å². The molecule has 0 spiro atoms. The fraction of sp³-hybridized carbons (Fsp3) is 0.333. The van der Waals surface area contributed by atoms with Gasteiger partial charge in [0.15, 0.2) is 0 Å². The maximum atomic E-state index is 12.6. The zero-order chi connectivity index (χ0) is 19.7. The highest BCUT2D eigenvalue weighted by molar-refractivity contribution is 7.15. The molecule has 1 fully saturated rings. The van der Waals surface area contributed by atoms with Crippen LogP contribution < -0.4 is 0 Å². The van der Waals surface area contributed by atoms with Crippen LogP contribution in [-0.2, 0) is 11.3 Å². The van der Waals surface area contributed by atoms with Gasteiger partial charge in [-0.15, -0.1) is 11.3 Å². The zero-order valence-electron chi connectivity index (χ0n) is 14.8. The quantitative estimate of drug-likeness (QED) is 0.519. The molecule has 146 valence electrons. The molecule has 28 heavy (non-hydrogen) atoms. The van der Waals surface area contributed by atoms with E-state index < -0.39 is 23.2 Å². The number of rotatable bonds is 5. The monoisotopic (exact) mass is 402 g/mol. The van der Waals surface area contributed by atoms with Crippen LogP contribution in [0.5, 0.6) is 0 Å². The number of aliphatic hydroxyl groups excluding tert-OH is 1. The van der Waals surface area contributed by atoms with Gasteiger partial charge in [-0.25, -0.2) is 9.78 Å². The third-order valence-electron chi connectivity index (χ3n) is 4.86. The van der Waals surface area contributed by atoms with Gasteiger partial charge in [-0.2, -0.15) is 0 Å². The number of likely N-dealkylation sites (tertiary alicyclic amines) is 1. The number of carbonyl (C=O) groups is 1. The summed E-state index contributed by atoms with van der Waals surface area (Å²) in [6.07, 6.45) is 3.55. The fourth-order valence-corrected chi connectivity index (χ4v) is 4.27. The topological polar surface area (TPSA) is 110 Å². The van der Waals surface area contributed by atoms with Crippen LogP contribution in [0, 0.1) is 10.1 Å². The molecule has 10 heteroatoms. The molecule has 0 radical (unpaired) electrons. The average Bonchev–Trinajstić information content (AvgIpc) is 3.42. The first kappa shape index (κ1) is 18.4. The molecule has 4 rings (SSSR count). The van der Waals surface area contributed by atoms with Crippen LogP contribution >= 0.6 is 11.3 Å². The van der Waals surface area contributed by atoms with Gasteiger partial charge >= 0.3 is 6.09 Å². The Kier molecular flexibility index (Phi) is 4.97. The normalized spacial score (nSPS) is 17.8. The molecular weight excluding hydrogens is 384 g/mol. The molecule has 0 saturated carbocycles. The Morgan fingerprint density at radius 1 is 1.43 bits per heavy atom. The second-order valence-corrected chi connectivity index (χ2v) is 7.47. The number of nitro benzene ring substituents is 1. The lowest BCUT2D eigenvalue weighted by Crippen LogP contribution is -2.39. The molecule has 0 aliphatic carbocycles. The van der Waals surface area contributed by atoms with Gasteiger partial charge in [-0.3, -0.25) is 14.5 Å². The van der Waals surface area contributed by atoms with Crippen molar-refractivity contribution >= 4 is 27.9 Å². The first-order chi connectivity index (χ1) is 13.5. The minimum Gasteiger partial charge on any atom is -0.445 e. The Bertz CT molecular complexity index is 999. The second kappa shape index (κ2) is 7.56. The molecule has 0 bridgehead atoms. The summed E-state index contributed by atoms with van der Waals surface area (Å²) in [5, 5.41) is 23.4. The third kappa shape index (κ3) is 3.43. The number of nitro groups is 1. The van der Waals surface area contributed by atoms with E-state index in [1.54, 1.807) is 18.5 Å². The Hall–Kier alpha value is -2.98. The second-order valence-electron chi connectivity index (χ2n) is 6.57. The number of amides is 1. The summed E-state index contributed by atoms with van der Waals surface area (Å²) < 4.78 is 7.21. The largest absolute Gasteiger partial charge is 0.445 e. The van der Waals surface area contributed by atoms with Crippen LogP contribution in [0.3, 0.4) is 0 Å². The number of fused-ring (bicyclic) bond motifs is 1. The third-order valence-corrected chi connectivity index (χ3v) is 5.76. The number of ether oxygens (including phenoxy) is 1. The van der Waals surface area contributed by atoms with E-state index in [4.69, 9.17) is 4.74 Å². The summed E-state index contributed by atoms with van der Waals surface area (Å²) in [7, 11) is 0. The number of aliphatic hydroxyl groups is 1. The SMILES string of the molecule is O=C(OCc1ccc([N+](=O)[O-])cc1)N1CCC[C@H]1C(O)c1ncn2ccsc12. The van der Waals surface area contributed by atoms with Gasteiger partial charge in [0.2, 0.25) is 0 Å². The molecule has 1 N–H and O–H groups in total. The van der Waals surface area contributed by atoms with Crippen LogP contribution in [0.1, 0.15) is 30.2 Å². The lowest BCUT2D eigenvalue weighted by Gasteiger charge is -2.27. The highest BCUT2D eigenvalue weighted by Gasteiger charge is 2.37. The molecular formula is C18H18N4O5S. The molecule has 9 nitrogen and oxygen atoms in total. The van der Waals surface area contributed by atoms with Crippen LogP contribution in [-0.4, -0.2) is 43.0 Å². The number of hydrogen-bond donors (Lipinski definition) is 1. The van der Waals surface area contributed by atoms with Gasteiger partial charge in [0.05, 0.1) is 11.0 Å². The van der Waals surface area contributed by atoms with Gasteiger partial charge in [-0.05, 0) is 30.5 Å². The van der Waals surface area contributed by atoms with Gasteiger partial charge in [0.1, 0.15) is 29.6 Å². The van der Waals surface area contributed by atoms with Gasteiger partial charge in [0.25, 0.3) is 5.69 Å². The Balaban J connectivity index is 1.42. The van der Waals surface area contributed by atoms with Gasteiger partial charge in [0, 0.05) is 30.3 Å². The number of benzene rings is 1. The summed E-state index contributed by atoms with van der Waals surface area (Å²) >= 11 is 1.49. The summed E-state index contributed by atoms with van der Waals surface area (Å²) in [5.74, 6) is 0. The Morgan fingerprint density at radius 2 is 2.21 bits per heavy atom. The molecule has 3 aromatic rings. The van der Waals surface area contributed by atoms with Crippen molar-refractivity contribution in [1.29, 1.82) is 0 Å². The predicted octanol–water partition coefficient (Wildman–Crippen LogP) is 3.14. The van der Waals surface area contributed by atoms with Crippen molar-refractivity contribution in [2.75, 3.05) is 6.54 Å². The standard InChI is InChI=1S/C18H18N4O5S/c23-16(15-17-20(11-19-15)8-9-28-17)14-2-1-7-21(14)18(24)27-10-12-3-5-13(6-4-12)22(25)26/h3-6,8-9,11,14,16,23H,1-2,7,10H2/t14-,16?/m0/s1. The fourth-order valence-electron chi connectivity index (χ4n) is 3.43. The van der Waals surface area contributed by atoms with Crippen molar-refractivity contribution in [3.63, 3.8) is 0 Å². The number of hydrogen-bond acceptors (Lipinski definition) is 7. The van der Waals surface area contributed by atoms with Crippen molar-refractivity contribution in [2.24, 2.45) is 0 Å². The number of aromatic nitrogens is 2. The number of non-ortho nitro benzene ring substituents is 1. The number of nitrogens with zero attached hydrogens (tertiary/aromatic N) is 4. The summed E-state index contributed by atoms with van der Waals surface area (Å²) in [6.45, 7) is 0.512. The minimum absolute atomic E-state index is 0.00971. The van der Waals surface area contributed by atoms with Crippen molar-refractivity contribution in [3.8, 4) is 0 Å². The Morgan fingerprint density at radius 3 is 2.96 bits per heavy atom. The molecule has 1 aromatic carbocycles. The maximum Gasteiger partial charge on any atom is 0.410 e. The first-order valence-electron chi connectivity index (χ1n) is 8.79. The smallest absolute Gasteiger partial charge is 0.410 e. The summed E-state index contributed by atoms with van der Waals surface area (Å²) in [4.78, 5) is 29.5. The lowest BCUT2D eigenvalue weighted by molar-refractivity contribution is -0.384. The van der Waals surface area contributed by atoms with Crippen LogP contribution in [0.2, 0.25) is 0 Å². The van der Waals surface area contributed by atoms with Crippen LogP contribution in [0.25, 0.3) is 4.83 Å². The van der Waals surface area contributed by atoms with Crippen molar-refractivity contribution in [1.82, 2.24) is 14.3 Å². The molecule has 1 aliphatic heterocycles. The van der Waals surface area contributed by atoms with E-state index in [-0.39, 0.29) is 12.3 Å².